The van der Waals surface area contributed by atoms with E-state index in [9.17, 15) is 4.79 Å². The van der Waals surface area contributed by atoms with Crippen molar-refractivity contribution in [3.05, 3.63) is 16.1 Å². The van der Waals surface area contributed by atoms with E-state index in [1.807, 2.05) is 0 Å². The van der Waals surface area contributed by atoms with Gasteiger partial charge in [0, 0.05) is 18.2 Å². The van der Waals surface area contributed by atoms with E-state index in [0.717, 1.165) is 29.8 Å². The molecule has 0 aromatic carbocycles. The molecule has 0 aliphatic rings. The molecule has 2 nitrogen and oxygen atoms in total. The molecule has 0 spiro atoms. The van der Waals surface area contributed by atoms with E-state index in [2.05, 4.69) is 17.3 Å². The van der Waals surface area contributed by atoms with E-state index in [1.54, 1.807) is 11.3 Å². The predicted molar refractivity (Wildman–Crippen MR) is 45.9 cm³/mol. The second-order valence-electron chi connectivity index (χ2n) is 2.29. The van der Waals surface area contributed by atoms with Crippen LogP contribution in [-0.2, 0) is 17.6 Å². The van der Waals surface area contributed by atoms with Crippen LogP contribution in [0.5, 0.6) is 0 Å². The summed E-state index contributed by atoms with van der Waals surface area (Å²) in [4.78, 5) is 14.4. The van der Waals surface area contributed by atoms with E-state index >= 15 is 0 Å². The molecule has 0 N–H and O–H groups in total. The van der Waals surface area contributed by atoms with Crippen molar-refractivity contribution in [1.29, 1.82) is 0 Å². The fraction of sp³-hybridized carbons (Fsp3) is 0.500. The van der Waals surface area contributed by atoms with Crippen LogP contribution < -0.4 is 0 Å². The predicted octanol–water partition coefficient (Wildman–Crippen LogP) is 1.84. The van der Waals surface area contributed by atoms with Gasteiger partial charge in [0.25, 0.3) is 0 Å². The first-order chi connectivity index (χ1) is 5.36. The summed E-state index contributed by atoms with van der Waals surface area (Å²) < 4.78 is 0. The van der Waals surface area contributed by atoms with Crippen molar-refractivity contribution < 1.29 is 4.79 Å². The van der Waals surface area contributed by atoms with E-state index in [4.69, 9.17) is 0 Å². The van der Waals surface area contributed by atoms with Gasteiger partial charge >= 0.3 is 0 Å². The molecule has 0 saturated carbocycles. The summed E-state index contributed by atoms with van der Waals surface area (Å²) in [7, 11) is 0. The first kappa shape index (κ1) is 8.40. The van der Waals surface area contributed by atoms with Crippen molar-refractivity contribution in [1.82, 2.24) is 4.98 Å². The highest BCUT2D eigenvalue weighted by molar-refractivity contribution is 7.09. The number of aldehydes is 1. The maximum Gasteiger partial charge on any atom is 0.120 e. The monoisotopic (exact) mass is 169 g/mol. The van der Waals surface area contributed by atoms with Crippen LogP contribution in [0.1, 0.15) is 24.0 Å². The summed E-state index contributed by atoms with van der Waals surface area (Å²) in [5.74, 6) is 0. The van der Waals surface area contributed by atoms with Crippen molar-refractivity contribution in [3.8, 4) is 0 Å². The van der Waals surface area contributed by atoms with Gasteiger partial charge in [-0.25, -0.2) is 4.98 Å². The van der Waals surface area contributed by atoms with Gasteiger partial charge in [-0.1, -0.05) is 6.92 Å². The number of hydrogen-bond donors (Lipinski definition) is 0. The Labute approximate surface area is 70.3 Å². The molecule has 0 aliphatic heterocycles. The Balaban J connectivity index is 2.50. The van der Waals surface area contributed by atoms with Gasteiger partial charge in [-0.15, -0.1) is 11.3 Å². The average molecular weight is 169 g/mol. The van der Waals surface area contributed by atoms with Crippen LogP contribution in [0.2, 0.25) is 0 Å². The Morgan fingerprint density at radius 2 is 2.55 bits per heavy atom. The highest BCUT2D eigenvalue weighted by atomic mass is 32.1. The summed E-state index contributed by atoms with van der Waals surface area (Å²) in [6.45, 7) is 2.08. The number of rotatable bonds is 4. The minimum Gasteiger partial charge on any atom is -0.303 e. The van der Waals surface area contributed by atoms with Crippen LogP contribution in [0.4, 0.5) is 0 Å². The largest absolute Gasteiger partial charge is 0.303 e. The summed E-state index contributed by atoms with van der Waals surface area (Å²) in [6.07, 6.45) is 3.31. The second kappa shape index (κ2) is 4.23. The molecule has 0 bridgehead atoms. The van der Waals surface area contributed by atoms with Crippen molar-refractivity contribution in [2.24, 2.45) is 0 Å². The quantitative estimate of drug-likeness (QED) is 0.644. The fourth-order valence-electron chi connectivity index (χ4n) is 0.809. The maximum atomic E-state index is 10.0. The molecule has 0 radical (unpaired) electrons. The summed E-state index contributed by atoms with van der Waals surface area (Å²) in [5, 5.41) is 3.13. The molecule has 0 fully saturated rings. The smallest absolute Gasteiger partial charge is 0.120 e. The second-order valence-corrected chi connectivity index (χ2v) is 3.23. The van der Waals surface area contributed by atoms with Gasteiger partial charge in [-0.2, -0.15) is 0 Å². The molecule has 0 unspecified atom stereocenters. The topological polar surface area (TPSA) is 30.0 Å². The molecule has 1 aromatic rings. The average Bonchev–Trinajstić information content (AvgIpc) is 2.48. The van der Waals surface area contributed by atoms with Gasteiger partial charge < -0.3 is 4.79 Å². The molecule has 3 heteroatoms. The van der Waals surface area contributed by atoms with Gasteiger partial charge in [-0.05, 0) is 6.42 Å². The summed E-state index contributed by atoms with van der Waals surface area (Å²) >= 11 is 1.64. The van der Waals surface area contributed by atoms with E-state index in [0.29, 0.717) is 6.42 Å². The lowest BCUT2D eigenvalue weighted by molar-refractivity contribution is -0.107. The number of aryl methyl sites for hydroxylation is 2. The van der Waals surface area contributed by atoms with Gasteiger partial charge in [0.2, 0.25) is 0 Å². The zero-order chi connectivity index (χ0) is 8.10. The summed E-state index contributed by atoms with van der Waals surface area (Å²) in [5.41, 5.74) is 1.14. The normalized spacial score (nSPS) is 9.91. The van der Waals surface area contributed by atoms with Gasteiger partial charge in [-0.3, -0.25) is 0 Å². The van der Waals surface area contributed by atoms with Crippen LogP contribution in [0.15, 0.2) is 5.38 Å². The minimum atomic E-state index is 0.594. The molecule has 1 rings (SSSR count). The van der Waals surface area contributed by atoms with Crippen LogP contribution in [-0.4, -0.2) is 11.3 Å². The van der Waals surface area contributed by atoms with Crippen molar-refractivity contribution >= 4 is 17.6 Å². The lowest BCUT2D eigenvalue weighted by Crippen LogP contribution is -1.86. The molecule has 1 aromatic heterocycles. The Bertz CT molecular complexity index is 232. The lowest BCUT2D eigenvalue weighted by Gasteiger charge is -1.86. The third kappa shape index (κ3) is 2.42. The molecule has 60 valence electrons. The zero-order valence-electron chi connectivity index (χ0n) is 6.54. The maximum absolute atomic E-state index is 10.0. The third-order valence-electron chi connectivity index (χ3n) is 1.44. The van der Waals surface area contributed by atoms with Crippen molar-refractivity contribution in [2.75, 3.05) is 0 Å². The number of thiazole rings is 1. The zero-order valence-corrected chi connectivity index (χ0v) is 7.36. The minimum absolute atomic E-state index is 0.594. The third-order valence-corrected chi connectivity index (χ3v) is 2.40. The highest BCUT2D eigenvalue weighted by Crippen LogP contribution is 2.11. The number of nitrogens with zero attached hydrogens (tertiary/aromatic N) is 1. The number of carbonyl (C=O) groups excluding carboxylic acids is 1. The van der Waals surface area contributed by atoms with Crippen LogP contribution in [0.25, 0.3) is 0 Å². The Morgan fingerprint density at radius 3 is 3.09 bits per heavy atom. The Morgan fingerprint density at radius 1 is 1.73 bits per heavy atom. The van der Waals surface area contributed by atoms with Crippen LogP contribution in [0, 0.1) is 0 Å². The van der Waals surface area contributed by atoms with Crippen LogP contribution >= 0.6 is 11.3 Å². The Hall–Kier alpha value is -0.700. The fourth-order valence-corrected chi connectivity index (χ4v) is 1.71. The van der Waals surface area contributed by atoms with Crippen LogP contribution in [0.3, 0.4) is 0 Å². The van der Waals surface area contributed by atoms with Crippen molar-refractivity contribution in [3.63, 3.8) is 0 Å². The van der Waals surface area contributed by atoms with E-state index in [1.165, 1.54) is 0 Å². The molecular formula is C8H11NOS. The van der Waals surface area contributed by atoms with Gasteiger partial charge in [0.05, 0.1) is 10.7 Å². The molecular weight excluding hydrogens is 158 g/mol. The number of hydrogen-bond acceptors (Lipinski definition) is 3. The summed E-state index contributed by atoms with van der Waals surface area (Å²) in [6, 6.07) is 0. The van der Waals surface area contributed by atoms with Gasteiger partial charge in [0.15, 0.2) is 0 Å². The lowest BCUT2D eigenvalue weighted by atomic mass is 10.3. The molecule has 0 amide bonds. The number of aromatic nitrogens is 1. The highest BCUT2D eigenvalue weighted by Gasteiger charge is 1.98. The van der Waals surface area contributed by atoms with E-state index < -0.39 is 0 Å². The SMILES string of the molecule is CCc1csc(CCC=O)n1. The Kier molecular flexibility index (Phi) is 3.23. The first-order valence-corrected chi connectivity index (χ1v) is 4.61. The molecule has 0 saturated heterocycles. The molecule has 11 heavy (non-hydrogen) atoms. The van der Waals surface area contributed by atoms with Gasteiger partial charge in [0.1, 0.15) is 6.29 Å². The molecule has 1 heterocycles. The van der Waals surface area contributed by atoms with Crippen molar-refractivity contribution in [2.45, 2.75) is 26.2 Å². The standard InChI is InChI=1S/C8H11NOS/c1-2-7-6-11-8(9-7)4-3-5-10/h5-6H,2-4H2,1H3. The molecule has 0 atom stereocenters. The van der Waals surface area contributed by atoms with E-state index in [-0.39, 0.29) is 0 Å². The number of carbonyl (C=O) groups is 1. The first-order valence-electron chi connectivity index (χ1n) is 3.73. The molecule has 0 aliphatic carbocycles.